The first-order chi connectivity index (χ1) is 15.7. The molecular weight excluding hydrogens is 435 g/mol. The number of pyridine rings is 1. The Morgan fingerprint density at radius 2 is 1.73 bits per heavy atom. The van der Waals surface area contributed by atoms with Crippen molar-refractivity contribution in [1.82, 2.24) is 4.98 Å². The van der Waals surface area contributed by atoms with Gasteiger partial charge in [0.2, 0.25) is 0 Å². The van der Waals surface area contributed by atoms with E-state index in [4.69, 9.17) is 14.6 Å². The molecule has 1 aromatic heterocycles. The molecule has 3 aromatic rings. The van der Waals surface area contributed by atoms with Crippen LogP contribution in [0.25, 0.3) is 11.3 Å². The Labute approximate surface area is 189 Å². The van der Waals surface area contributed by atoms with Crippen LogP contribution in [0.3, 0.4) is 0 Å². The van der Waals surface area contributed by atoms with Gasteiger partial charge in [-0.3, -0.25) is 9.78 Å². The Morgan fingerprint density at radius 3 is 2.33 bits per heavy atom. The summed E-state index contributed by atoms with van der Waals surface area (Å²) < 4.78 is 49.9. The molecule has 0 aliphatic carbocycles. The first kappa shape index (κ1) is 24.1. The van der Waals surface area contributed by atoms with Gasteiger partial charge in [-0.1, -0.05) is 24.3 Å². The fraction of sp³-hybridized carbons (Fsp3) is 0.280. The van der Waals surface area contributed by atoms with Gasteiger partial charge in [-0.15, -0.1) is 0 Å². The van der Waals surface area contributed by atoms with Crippen LogP contribution >= 0.6 is 0 Å². The molecule has 8 heteroatoms. The van der Waals surface area contributed by atoms with Crippen molar-refractivity contribution < 1.29 is 32.5 Å². The third-order valence-electron chi connectivity index (χ3n) is 5.02. The highest BCUT2D eigenvalue weighted by Crippen LogP contribution is 2.32. The number of nitrogens with zero attached hydrogens (tertiary/aromatic N) is 1. The summed E-state index contributed by atoms with van der Waals surface area (Å²) in [6.45, 7) is 4.31. The van der Waals surface area contributed by atoms with E-state index in [1.54, 1.807) is 24.3 Å². The number of hydrogen-bond donors (Lipinski definition) is 1. The van der Waals surface area contributed by atoms with Crippen LogP contribution in [0, 0.1) is 6.92 Å². The summed E-state index contributed by atoms with van der Waals surface area (Å²) in [4.78, 5) is 15.3. The zero-order valence-electron chi connectivity index (χ0n) is 18.3. The van der Waals surface area contributed by atoms with Crippen LogP contribution in [0.1, 0.15) is 35.7 Å². The van der Waals surface area contributed by atoms with Crippen molar-refractivity contribution in [2.45, 2.75) is 39.5 Å². The average molecular weight is 459 g/mol. The van der Waals surface area contributed by atoms with E-state index in [1.165, 1.54) is 12.1 Å². The van der Waals surface area contributed by atoms with Crippen LogP contribution in [-0.2, 0) is 24.0 Å². The number of aromatic nitrogens is 1. The lowest BCUT2D eigenvalue weighted by molar-refractivity contribution is -0.138. The molecule has 0 atom stereocenters. The number of benzene rings is 2. The minimum absolute atomic E-state index is 0.0297. The number of aryl methyl sites for hydroxylation is 2. The van der Waals surface area contributed by atoms with Crippen LogP contribution in [0.2, 0.25) is 0 Å². The molecular formula is C25H24F3NO4. The van der Waals surface area contributed by atoms with Gasteiger partial charge in [0, 0.05) is 23.2 Å². The third kappa shape index (κ3) is 6.47. The number of carbonyl (C=O) groups is 1. The van der Waals surface area contributed by atoms with Gasteiger partial charge in [-0.25, -0.2) is 0 Å². The fourth-order valence-corrected chi connectivity index (χ4v) is 3.24. The van der Waals surface area contributed by atoms with Crippen LogP contribution in [-0.4, -0.2) is 22.7 Å². The lowest BCUT2D eigenvalue weighted by atomic mass is 10.1. The van der Waals surface area contributed by atoms with Crippen molar-refractivity contribution in [3.8, 4) is 22.8 Å². The van der Waals surface area contributed by atoms with Gasteiger partial charge in [-0.05, 0) is 56.2 Å². The number of aliphatic carboxylic acids is 1. The van der Waals surface area contributed by atoms with Gasteiger partial charge in [-0.2, -0.15) is 13.2 Å². The van der Waals surface area contributed by atoms with Crippen LogP contribution in [0.4, 0.5) is 13.2 Å². The maximum atomic E-state index is 12.8. The molecule has 5 nitrogen and oxygen atoms in total. The molecule has 33 heavy (non-hydrogen) atoms. The normalized spacial score (nSPS) is 11.3. The number of carboxylic acid groups (broad SMARTS) is 1. The quantitative estimate of drug-likeness (QED) is 0.421. The standard InChI is InChI=1S/C25H24F3NO4/c1-3-32-23-14-17(5-13-24(30)31)4-12-22(23)33-15-19-8-11-21(29-16(19)2)18-6-9-20(10-7-18)25(26,27)28/h4,6-12,14H,3,5,13,15H2,1-2H3,(H,30,31). The van der Waals surface area contributed by atoms with Crippen molar-refractivity contribution in [3.63, 3.8) is 0 Å². The van der Waals surface area contributed by atoms with E-state index in [0.717, 1.165) is 23.3 Å². The van der Waals surface area contributed by atoms with E-state index in [-0.39, 0.29) is 13.0 Å². The molecule has 0 radical (unpaired) electrons. The van der Waals surface area contributed by atoms with Gasteiger partial charge < -0.3 is 14.6 Å². The van der Waals surface area contributed by atoms with Crippen molar-refractivity contribution in [2.24, 2.45) is 0 Å². The van der Waals surface area contributed by atoms with Crippen LogP contribution in [0.15, 0.2) is 54.6 Å². The van der Waals surface area contributed by atoms with E-state index in [9.17, 15) is 18.0 Å². The Balaban J connectivity index is 1.72. The number of alkyl halides is 3. The molecule has 0 aliphatic heterocycles. The van der Waals surface area contributed by atoms with Crippen LogP contribution < -0.4 is 9.47 Å². The van der Waals surface area contributed by atoms with E-state index in [1.807, 2.05) is 19.9 Å². The number of rotatable bonds is 9. The Bertz CT molecular complexity index is 1110. The molecule has 0 saturated carbocycles. The minimum Gasteiger partial charge on any atom is -0.490 e. The molecule has 0 bridgehead atoms. The van der Waals surface area contributed by atoms with Crippen LogP contribution in [0.5, 0.6) is 11.5 Å². The van der Waals surface area contributed by atoms with Crippen molar-refractivity contribution in [1.29, 1.82) is 0 Å². The van der Waals surface area contributed by atoms with Gasteiger partial charge in [0.1, 0.15) is 6.61 Å². The largest absolute Gasteiger partial charge is 0.490 e. The summed E-state index contributed by atoms with van der Waals surface area (Å²) in [6.07, 6.45) is -3.95. The van der Waals surface area contributed by atoms with E-state index in [2.05, 4.69) is 4.98 Å². The SMILES string of the molecule is CCOc1cc(CCC(=O)O)ccc1OCc1ccc(-c2ccc(C(F)(F)F)cc2)nc1C. The summed E-state index contributed by atoms with van der Waals surface area (Å²) in [5.41, 5.74) is 2.82. The second kappa shape index (κ2) is 10.4. The highest BCUT2D eigenvalue weighted by Gasteiger charge is 2.30. The molecule has 0 fully saturated rings. The maximum Gasteiger partial charge on any atom is 0.416 e. The Hall–Kier alpha value is -3.55. The van der Waals surface area contributed by atoms with Crippen molar-refractivity contribution >= 4 is 5.97 Å². The highest BCUT2D eigenvalue weighted by atomic mass is 19.4. The summed E-state index contributed by atoms with van der Waals surface area (Å²) >= 11 is 0. The van der Waals surface area contributed by atoms with E-state index in [0.29, 0.717) is 41.5 Å². The van der Waals surface area contributed by atoms with Gasteiger partial charge >= 0.3 is 12.1 Å². The van der Waals surface area contributed by atoms with Gasteiger partial charge in [0.05, 0.1) is 17.9 Å². The summed E-state index contributed by atoms with van der Waals surface area (Å²) in [7, 11) is 0. The topological polar surface area (TPSA) is 68.7 Å². The predicted octanol–water partition coefficient (Wildman–Crippen LogP) is 6.07. The van der Waals surface area contributed by atoms with E-state index < -0.39 is 17.7 Å². The average Bonchev–Trinajstić information content (AvgIpc) is 2.77. The van der Waals surface area contributed by atoms with Gasteiger partial charge in [0.15, 0.2) is 11.5 Å². The number of halogens is 3. The molecule has 1 N–H and O–H groups in total. The molecule has 0 saturated heterocycles. The zero-order chi connectivity index (χ0) is 24.0. The van der Waals surface area contributed by atoms with Crippen molar-refractivity contribution in [3.05, 3.63) is 77.0 Å². The summed E-state index contributed by atoms with van der Waals surface area (Å²) in [5.74, 6) is 0.200. The first-order valence-corrected chi connectivity index (χ1v) is 10.4. The first-order valence-electron chi connectivity index (χ1n) is 10.4. The molecule has 0 spiro atoms. The third-order valence-corrected chi connectivity index (χ3v) is 5.02. The summed E-state index contributed by atoms with van der Waals surface area (Å²) in [6, 6.07) is 13.8. The Kier molecular flexibility index (Phi) is 7.58. The molecule has 0 unspecified atom stereocenters. The van der Waals surface area contributed by atoms with Gasteiger partial charge in [0.25, 0.3) is 0 Å². The molecule has 1 heterocycles. The zero-order valence-corrected chi connectivity index (χ0v) is 18.3. The second-order valence-corrected chi connectivity index (χ2v) is 7.41. The minimum atomic E-state index is -4.38. The monoisotopic (exact) mass is 459 g/mol. The Morgan fingerprint density at radius 1 is 1.00 bits per heavy atom. The van der Waals surface area contributed by atoms with E-state index >= 15 is 0 Å². The highest BCUT2D eigenvalue weighted by molar-refractivity contribution is 5.67. The number of carboxylic acids is 1. The summed E-state index contributed by atoms with van der Waals surface area (Å²) in [5, 5.41) is 8.87. The van der Waals surface area contributed by atoms with Crippen molar-refractivity contribution in [2.75, 3.05) is 6.61 Å². The predicted molar refractivity (Wildman–Crippen MR) is 117 cm³/mol. The fourth-order valence-electron chi connectivity index (χ4n) is 3.24. The molecule has 3 rings (SSSR count). The molecule has 174 valence electrons. The smallest absolute Gasteiger partial charge is 0.416 e. The lowest BCUT2D eigenvalue weighted by Gasteiger charge is -2.14. The molecule has 0 aliphatic rings. The lowest BCUT2D eigenvalue weighted by Crippen LogP contribution is -2.05. The number of hydrogen-bond acceptors (Lipinski definition) is 4. The molecule has 2 aromatic carbocycles. The maximum absolute atomic E-state index is 12.8. The number of ether oxygens (including phenoxy) is 2. The second-order valence-electron chi connectivity index (χ2n) is 7.41. The molecule has 0 amide bonds.